The van der Waals surface area contributed by atoms with Crippen LogP contribution < -0.4 is 4.74 Å². The molecular formula is C16H15FN4O3. The Hall–Kier alpha value is -3.03. The van der Waals surface area contributed by atoms with Crippen LogP contribution in [0.3, 0.4) is 0 Å². The molecule has 0 amide bonds. The van der Waals surface area contributed by atoms with Crippen molar-refractivity contribution in [3.05, 3.63) is 42.1 Å². The highest BCUT2D eigenvalue weighted by Crippen LogP contribution is 2.30. The summed E-state index contributed by atoms with van der Waals surface area (Å²) < 4.78 is 21.1. The lowest BCUT2D eigenvalue weighted by Gasteiger charge is -2.19. The highest BCUT2D eigenvalue weighted by molar-refractivity contribution is 5.88. The molecule has 0 saturated heterocycles. The molecule has 0 aliphatic rings. The number of aromatic carboxylic acids is 1. The summed E-state index contributed by atoms with van der Waals surface area (Å²) in [5.74, 6) is -1.97. The number of aromatic nitrogens is 4. The van der Waals surface area contributed by atoms with Gasteiger partial charge in [-0.3, -0.25) is 0 Å². The van der Waals surface area contributed by atoms with Gasteiger partial charge in [0, 0.05) is 0 Å². The number of halogens is 1. The van der Waals surface area contributed by atoms with Crippen LogP contribution in [-0.4, -0.2) is 30.8 Å². The van der Waals surface area contributed by atoms with Gasteiger partial charge < -0.3 is 9.84 Å². The smallest absolute Gasteiger partial charge is 0.335 e. The number of benzene rings is 1. The third kappa shape index (κ3) is 2.78. The summed E-state index contributed by atoms with van der Waals surface area (Å²) in [7, 11) is 0. The zero-order valence-corrected chi connectivity index (χ0v) is 13.3. The molecular weight excluding hydrogens is 315 g/mol. The lowest BCUT2D eigenvalue weighted by atomic mass is 10.1. The Morgan fingerprint density at radius 1 is 1.29 bits per heavy atom. The van der Waals surface area contributed by atoms with Crippen LogP contribution in [0, 0.1) is 5.82 Å². The van der Waals surface area contributed by atoms with E-state index in [1.54, 1.807) is 4.68 Å². The highest BCUT2D eigenvalue weighted by atomic mass is 19.1. The molecule has 1 aromatic carbocycles. The van der Waals surface area contributed by atoms with Crippen LogP contribution in [0.15, 0.2) is 30.7 Å². The van der Waals surface area contributed by atoms with Crippen LogP contribution >= 0.6 is 0 Å². The topological polar surface area (TPSA) is 90.1 Å². The fourth-order valence-electron chi connectivity index (χ4n) is 2.21. The van der Waals surface area contributed by atoms with Gasteiger partial charge in [-0.05, 0) is 39.0 Å². The molecule has 2 aromatic heterocycles. The third-order valence-corrected chi connectivity index (χ3v) is 3.35. The van der Waals surface area contributed by atoms with E-state index in [4.69, 9.17) is 9.84 Å². The van der Waals surface area contributed by atoms with E-state index in [1.807, 2.05) is 20.8 Å². The molecule has 24 heavy (non-hydrogen) atoms. The summed E-state index contributed by atoms with van der Waals surface area (Å²) in [6.45, 7) is 5.91. The standard InChI is InChI=1S/C16H15FN4O3/c1-16(2,3)21-13-10(7-20-21)14(19-8-18-13)24-12-6-9(15(22)23)4-5-11(12)17/h4-8H,1-3H3,(H,22,23). The Kier molecular flexibility index (Phi) is 3.67. The summed E-state index contributed by atoms with van der Waals surface area (Å²) in [4.78, 5) is 19.2. The molecule has 0 bridgehead atoms. The third-order valence-electron chi connectivity index (χ3n) is 3.35. The molecule has 3 aromatic rings. The van der Waals surface area contributed by atoms with Crippen molar-refractivity contribution in [3.63, 3.8) is 0 Å². The number of carboxylic acids is 1. The Bertz CT molecular complexity index is 931. The van der Waals surface area contributed by atoms with E-state index < -0.39 is 11.8 Å². The molecule has 0 aliphatic carbocycles. The number of rotatable bonds is 3. The van der Waals surface area contributed by atoms with Crippen LogP contribution in [-0.2, 0) is 5.54 Å². The van der Waals surface area contributed by atoms with E-state index in [-0.39, 0.29) is 22.7 Å². The van der Waals surface area contributed by atoms with Crippen molar-refractivity contribution in [3.8, 4) is 11.6 Å². The predicted molar refractivity (Wildman–Crippen MR) is 83.8 cm³/mol. The second kappa shape index (κ2) is 5.55. The minimum absolute atomic E-state index is 0.0814. The zero-order chi connectivity index (χ0) is 17.5. The maximum absolute atomic E-state index is 13.9. The largest absolute Gasteiger partial charge is 0.478 e. The second-order valence-electron chi connectivity index (χ2n) is 6.20. The molecule has 8 heteroatoms. The van der Waals surface area contributed by atoms with E-state index in [1.165, 1.54) is 12.5 Å². The van der Waals surface area contributed by atoms with Crippen molar-refractivity contribution >= 4 is 17.0 Å². The van der Waals surface area contributed by atoms with Crippen LogP contribution in [0.4, 0.5) is 4.39 Å². The summed E-state index contributed by atoms with van der Waals surface area (Å²) >= 11 is 0. The van der Waals surface area contributed by atoms with Gasteiger partial charge in [0.15, 0.2) is 17.2 Å². The van der Waals surface area contributed by atoms with Crippen molar-refractivity contribution in [2.75, 3.05) is 0 Å². The van der Waals surface area contributed by atoms with E-state index >= 15 is 0 Å². The van der Waals surface area contributed by atoms with E-state index in [0.717, 1.165) is 18.2 Å². The minimum atomic E-state index is -1.17. The Labute approximate surface area is 136 Å². The number of hydrogen-bond donors (Lipinski definition) is 1. The average molecular weight is 330 g/mol. The Morgan fingerprint density at radius 3 is 2.71 bits per heavy atom. The first-order valence-electron chi connectivity index (χ1n) is 7.17. The number of fused-ring (bicyclic) bond motifs is 1. The first kappa shape index (κ1) is 15.9. The van der Waals surface area contributed by atoms with Crippen molar-refractivity contribution in [1.29, 1.82) is 0 Å². The van der Waals surface area contributed by atoms with Crippen LogP contribution in [0.1, 0.15) is 31.1 Å². The molecule has 0 saturated carbocycles. The van der Waals surface area contributed by atoms with E-state index in [2.05, 4.69) is 15.1 Å². The Morgan fingerprint density at radius 2 is 2.04 bits per heavy atom. The summed E-state index contributed by atoms with van der Waals surface area (Å²) in [5.41, 5.74) is 0.159. The van der Waals surface area contributed by atoms with E-state index in [0.29, 0.717) is 11.0 Å². The summed E-state index contributed by atoms with van der Waals surface area (Å²) in [5, 5.41) is 13.8. The van der Waals surface area contributed by atoms with Crippen molar-refractivity contribution in [2.24, 2.45) is 0 Å². The van der Waals surface area contributed by atoms with Crippen molar-refractivity contribution < 1.29 is 19.0 Å². The molecule has 0 fully saturated rings. The molecule has 7 nitrogen and oxygen atoms in total. The van der Waals surface area contributed by atoms with Gasteiger partial charge in [0.05, 0.1) is 17.3 Å². The van der Waals surface area contributed by atoms with Gasteiger partial charge in [0.2, 0.25) is 5.88 Å². The Balaban J connectivity index is 2.07. The number of carbonyl (C=O) groups is 1. The van der Waals surface area contributed by atoms with Crippen molar-refractivity contribution in [1.82, 2.24) is 19.7 Å². The molecule has 0 unspecified atom stereocenters. The molecule has 0 atom stereocenters. The fourth-order valence-corrected chi connectivity index (χ4v) is 2.21. The summed E-state index contributed by atoms with van der Waals surface area (Å²) in [6, 6.07) is 3.31. The molecule has 0 aliphatic heterocycles. The summed E-state index contributed by atoms with van der Waals surface area (Å²) in [6.07, 6.45) is 2.83. The molecule has 2 heterocycles. The van der Waals surface area contributed by atoms with Gasteiger partial charge >= 0.3 is 5.97 Å². The van der Waals surface area contributed by atoms with Crippen LogP contribution in [0.2, 0.25) is 0 Å². The van der Waals surface area contributed by atoms with Crippen LogP contribution in [0.25, 0.3) is 11.0 Å². The first-order valence-corrected chi connectivity index (χ1v) is 7.17. The first-order chi connectivity index (χ1) is 11.3. The molecule has 124 valence electrons. The minimum Gasteiger partial charge on any atom is -0.478 e. The lowest BCUT2D eigenvalue weighted by molar-refractivity contribution is 0.0696. The number of nitrogens with zero attached hydrogens (tertiary/aromatic N) is 4. The lowest BCUT2D eigenvalue weighted by Crippen LogP contribution is -2.23. The van der Waals surface area contributed by atoms with Gasteiger partial charge in [0.25, 0.3) is 0 Å². The van der Waals surface area contributed by atoms with Crippen LogP contribution in [0.5, 0.6) is 11.6 Å². The monoisotopic (exact) mass is 330 g/mol. The number of hydrogen-bond acceptors (Lipinski definition) is 5. The fraction of sp³-hybridized carbons (Fsp3) is 0.250. The molecule has 0 radical (unpaired) electrons. The van der Waals surface area contributed by atoms with Gasteiger partial charge in [-0.2, -0.15) is 5.10 Å². The molecule has 0 spiro atoms. The zero-order valence-electron chi connectivity index (χ0n) is 13.3. The maximum atomic E-state index is 13.9. The normalized spacial score (nSPS) is 11.7. The van der Waals surface area contributed by atoms with Gasteiger partial charge in [0.1, 0.15) is 11.7 Å². The van der Waals surface area contributed by atoms with Crippen molar-refractivity contribution in [2.45, 2.75) is 26.3 Å². The predicted octanol–water partition coefficient (Wildman–Crippen LogP) is 3.21. The second-order valence-corrected chi connectivity index (χ2v) is 6.20. The average Bonchev–Trinajstić information content (AvgIpc) is 2.94. The highest BCUT2D eigenvalue weighted by Gasteiger charge is 2.21. The SMILES string of the molecule is CC(C)(C)n1ncc2c(Oc3cc(C(=O)O)ccc3F)ncnc21. The quantitative estimate of drug-likeness (QED) is 0.793. The molecule has 1 N–H and O–H groups in total. The van der Waals surface area contributed by atoms with Gasteiger partial charge in [-0.15, -0.1) is 0 Å². The number of carboxylic acid groups (broad SMARTS) is 1. The van der Waals surface area contributed by atoms with E-state index in [9.17, 15) is 9.18 Å². The molecule has 3 rings (SSSR count). The van der Waals surface area contributed by atoms with Gasteiger partial charge in [-0.1, -0.05) is 0 Å². The number of ether oxygens (including phenoxy) is 1. The van der Waals surface area contributed by atoms with Gasteiger partial charge in [-0.25, -0.2) is 23.8 Å². The maximum Gasteiger partial charge on any atom is 0.335 e.